The zero-order chi connectivity index (χ0) is 20.1. The number of thiophene rings is 1. The number of hydrogen-bond acceptors (Lipinski definition) is 3. The van der Waals surface area contributed by atoms with Crippen LogP contribution in [0.15, 0.2) is 84.5 Å². The minimum absolute atomic E-state index is 0.305. The van der Waals surface area contributed by atoms with Crippen LogP contribution in [0, 0.1) is 5.82 Å². The molecule has 0 bridgehead atoms. The molecule has 29 heavy (non-hydrogen) atoms. The van der Waals surface area contributed by atoms with Crippen molar-refractivity contribution in [2.24, 2.45) is 0 Å². The second-order valence-electron chi connectivity index (χ2n) is 6.46. The molecule has 2 heterocycles. The van der Waals surface area contributed by atoms with Gasteiger partial charge in [0, 0.05) is 23.2 Å². The van der Waals surface area contributed by atoms with E-state index in [4.69, 9.17) is 0 Å². The highest BCUT2D eigenvalue weighted by atomic mass is 32.1. The van der Waals surface area contributed by atoms with Gasteiger partial charge < -0.3 is 10.6 Å². The molecule has 0 aliphatic carbocycles. The molecule has 2 amide bonds. The summed E-state index contributed by atoms with van der Waals surface area (Å²) in [6.45, 7) is 0.346. The maximum Gasteiger partial charge on any atom is 0.315 e. The minimum atomic E-state index is -0.345. The van der Waals surface area contributed by atoms with Crippen molar-refractivity contribution in [2.75, 3.05) is 0 Å². The predicted molar refractivity (Wildman–Crippen MR) is 111 cm³/mol. The number of carbonyl (C=O) groups excluding carboxylic acids is 1. The quantitative estimate of drug-likeness (QED) is 0.489. The van der Waals surface area contributed by atoms with E-state index >= 15 is 0 Å². The number of para-hydroxylation sites is 1. The molecule has 0 aliphatic rings. The third kappa shape index (κ3) is 4.70. The second-order valence-corrected chi connectivity index (χ2v) is 7.43. The molecule has 2 N–H and O–H groups in total. The van der Waals surface area contributed by atoms with E-state index in [1.165, 1.54) is 23.5 Å². The molecular formula is C22H19FN4OS. The van der Waals surface area contributed by atoms with E-state index in [0.29, 0.717) is 6.54 Å². The molecule has 0 aliphatic heterocycles. The van der Waals surface area contributed by atoms with E-state index in [1.54, 1.807) is 23.0 Å². The average Bonchev–Trinajstić information content (AvgIpc) is 3.44. The van der Waals surface area contributed by atoms with Crippen LogP contribution in [0.25, 0.3) is 5.69 Å². The largest absolute Gasteiger partial charge is 0.334 e. The number of halogens is 1. The molecule has 0 saturated carbocycles. The van der Waals surface area contributed by atoms with Gasteiger partial charge >= 0.3 is 6.03 Å². The number of benzene rings is 2. The molecule has 0 radical (unpaired) electrons. The van der Waals surface area contributed by atoms with E-state index in [0.717, 1.165) is 21.7 Å². The third-order valence-electron chi connectivity index (χ3n) is 4.42. The van der Waals surface area contributed by atoms with Gasteiger partial charge in [-0.2, -0.15) is 5.10 Å². The van der Waals surface area contributed by atoms with Crippen LogP contribution in [0.3, 0.4) is 0 Å². The fourth-order valence-electron chi connectivity index (χ4n) is 2.97. The summed E-state index contributed by atoms with van der Waals surface area (Å²) >= 11 is 1.54. The number of rotatable bonds is 6. The summed E-state index contributed by atoms with van der Waals surface area (Å²) in [5.74, 6) is -0.307. The number of aromatic nitrogens is 2. The molecule has 7 heteroatoms. The van der Waals surface area contributed by atoms with Crippen LogP contribution in [0.5, 0.6) is 0 Å². The van der Waals surface area contributed by atoms with Crippen molar-refractivity contribution < 1.29 is 9.18 Å². The predicted octanol–water partition coefficient (Wildman–Crippen LogP) is 4.66. The Hall–Kier alpha value is -3.45. The lowest BCUT2D eigenvalue weighted by Gasteiger charge is -2.18. The van der Waals surface area contributed by atoms with Crippen molar-refractivity contribution in [1.29, 1.82) is 0 Å². The molecule has 4 rings (SSSR count). The molecule has 2 aromatic carbocycles. The standard InChI is InChI=1S/C22H19FN4OS/c23-18-10-8-17(9-11-18)21(20-7-4-12-29-20)26-22(28)24-13-16-14-25-27(15-16)19-5-2-1-3-6-19/h1-12,14-15,21H,13H2,(H2,24,26,28)/t21-/m1/s1. The van der Waals surface area contributed by atoms with Gasteiger partial charge in [-0.3, -0.25) is 0 Å². The van der Waals surface area contributed by atoms with E-state index in [1.807, 2.05) is 54.0 Å². The van der Waals surface area contributed by atoms with Gasteiger partial charge in [0.25, 0.3) is 0 Å². The van der Waals surface area contributed by atoms with Gasteiger partial charge in [-0.1, -0.05) is 36.4 Å². The topological polar surface area (TPSA) is 59.0 Å². The summed E-state index contributed by atoms with van der Waals surface area (Å²) in [6, 6.07) is 19.2. The Labute approximate surface area is 171 Å². The monoisotopic (exact) mass is 406 g/mol. The maximum atomic E-state index is 13.3. The summed E-state index contributed by atoms with van der Waals surface area (Å²) in [6.07, 6.45) is 3.61. The second kappa shape index (κ2) is 8.70. The van der Waals surface area contributed by atoms with Crippen molar-refractivity contribution in [3.63, 3.8) is 0 Å². The van der Waals surface area contributed by atoms with Crippen LogP contribution < -0.4 is 10.6 Å². The van der Waals surface area contributed by atoms with Crippen LogP contribution in [0.4, 0.5) is 9.18 Å². The highest BCUT2D eigenvalue weighted by Gasteiger charge is 2.18. The minimum Gasteiger partial charge on any atom is -0.334 e. The number of nitrogens with one attached hydrogen (secondary N) is 2. The van der Waals surface area contributed by atoms with Crippen LogP contribution in [-0.2, 0) is 6.54 Å². The van der Waals surface area contributed by atoms with Crippen LogP contribution >= 0.6 is 11.3 Å². The van der Waals surface area contributed by atoms with Crippen LogP contribution in [-0.4, -0.2) is 15.8 Å². The Morgan fingerprint density at radius 3 is 2.59 bits per heavy atom. The summed E-state index contributed by atoms with van der Waals surface area (Å²) in [5.41, 5.74) is 2.66. The highest BCUT2D eigenvalue weighted by molar-refractivity contribution is 7.10. The summed E-state index contributed by atoms with van der Waals surface area (Å²) in [4.78, 5) is 13.5. The number of carbonyl (C=O) groups is 1. The Balaban J connectivity index is 1.41. The summed E-state index contributed by atoms with van der Waals surface area (Å²) in [5, 5.41) is 12.1. The number of amides is 2. The van der Waals surface area contributed by atoms with Crippen molar-refractivity contribution in [1.82, 2.24) is 20.4 Å². The SMILES string of the molecule is O=C(NCc1cnn(-c2ccccc2)c1)N[C@H](c1ccc(F)cc1)c1cccs1. The number of nitrogens with zero attached hydrogens (tertiary/aromatic N) is 2. The molecule has 146 valence electrons. The molecule has 4 aromatic rings. The molecule has 0 saturated heterocycles. The Kier molecular flexibility index (Phi) is 5.67. The van der Waals surface area contributed by atoms with Gasteiger partial charge in [0.15, 0.2) is 0 Å². The molecule has 5 nitrogen and oxygen atoms in total. The first-order valence-electron chi connectivity index (χ1n) is 9.11. The molecule has 2 aromatic heterocycles. The van der Waals surface area contributed by atoms with Crippen molar-refractivity contribution >= 4 is 17.4 Å². The Bertz CT molecular complexity index is 1060. The Morgan fingerprint density at radius 1 is 1.07 bits per heavy atom. The first-order valence-corrected chi connectivity index (χ1v) is 9.99. The van der Waals surface area contributed by atoms with Gasteiger partial charge in [0.2, 0.25) is 0 Å². The zero-order valence-electron chi connectivity index (χ0n) is 15.5. The van der Waals surface area contributed by atoms with Crippen LogP contribution in [0.2, 0.25) is 0 Å². The van der Waals surface area contributed by atoms with Gasteiger partial charge in [-0.05, 0) is 41.3 Å². The van der Waals surface area contributed by atoms with Crippen molar-refractivity contribution in [3.8, 4) is 5.69 Å². The highest BCUT2D eigenvalue weighted by Crippen LogP contribution is 2.26. The third-order valence-corrected chi connectivity index (χ3v) is 5.35. The van der Waals surface area contributed by atoms with E-state index in [-0.39, 0.29) is 17.9 Å². The smallest absolute Gasteiger partial charge is 0.315 e. The van der Waals surface area contributed by atoms with Crippen LogP contribution in [0.1, 0.15) is 22.0 Å². The van der Waals surface area contributed by atoms with Gasteiger partial charge in [0.1, 0.15) is 5.82 Å². The lowest BCUT2D eigenvalue weighted by Crippen LogP contribution is -2.37. The normalized spacial score (nSPS) is 11.8. The van der Waals surface area contributed by atoms with E-state index in [9.17, 15) is 9.18 Å². The summed E-state index contributed by atoms with van der Waals surface area (Å²) in [7, 11) is 0. The first-order chi connectivity index (χ1) is 14.2. The van der Waals surface area contributed by atoms with E-state index in [2.05, 4.69) is 15.7 Å². The average molecular weight is 406 g/mol. The lowest BCUT2D eigenvalue weighted by atomic mass is 10.1. The lowest BCUT2D eigenvalue weighted by molar-refractivity contribution is 0.238. The van der Waals surface area contributed by atoms with Gasteiger partial charge in [-0.25, -0.2) is 13.9 Å². The number of urea groups is 1. The molecule has 1 atom stereocenters. The van der Waals surface area contributed by atoms with E-state index < -0.39 is 0 Å². The summed E-state index contributed by atoms with van der Waals surface area (Å²) < 4.78 is 15.0. The fourth-order valence-corrected chi connectivity index (χ4v) is 3.77. The Morgan fingerprint density at radius 2 is 1.86 bits per heavy atom. The van der Waals surface area contributed by atoms with Gasteiger partial charge in [-0.15, -0.1) is 11.3 Å². The van der Waals surface area contributed by atoms with Crippen molar-refractivity contribution in [3.05, 3.63) is 106 Å². The molecule has 0 spiro atoms. The fraction of sp³-hybridized carbons (Fsp3) is 0.0909. The maximum absolute atomic E-state index is 13.3. The molecular weight excluding hydrogens is 387 g/mol. The van der Waals surface area contributed by atoms with Gasteiger partial charge in [0.05, 0.1) is 17.9 Å². The zero-order valence-corrected chi connectivity index (χ0v) is 16.3. The number of hydrogen-bond donors (Lipinski definition) is 2. The first kappa shape index (κ1) is 18.9. The molecule has 0 fully saturated rings. The van der Waals surface area contributed by atoms with Crippen molar-refractivity contribution in [2.45, 2.75) is 12.6 Å². The molecule has 0 unspecified atom stereocenters.